The van der Waals surface area contributed by atoms with Crippen LogP contribution in [0.25, 0.3) is 0 Å². The van der Waals surface area contributed by atoms with Crippen molar-refractivity contribution in [2.45, 2.75) is 25.9 Å². The first-order valence-electron chi connectivity index (χ1n) is 5.46. The summed E-state index contributed by atoms with van der Waals surface area (Å²) in [5, 5.41) is 9.23. The van der Waals surface area contributed by atoms with E-state index in [1.807, 2.05) is 0 Å². The number of hydrogen-bond acceptors (Lipinski definition) is 4. The van der Waals surface area contributed by atoms with Crippen molar-refractivity contribution in [3.05, 3.63) is 29.6 Å². The van der Waals surface area contributed by atoms with Gasteiger partial charge in [0.1, 0.15) is 0 Å². The van der Waals surface area contributed by atoms with Crippen LogP contribution in [-0.2, 0) is 6.54 Å². The molecule has 17 heavy (non-hydrogen) atoms. The lowest BCUT2D eigenvalue weighted by Crippen LogP contribution is -2.47. The summed E-state index contributed by atoms with van der Waals surface area (Å²) in [5.41, 5.74) is 6.09. The van der Waals surface area contributed by atoms with E-state index in [4.69, 9.17) is 5.73 Å². The third kappa shape index (κ3) is 3.01. The first kappa shape index (κ1) is 13.6. The van der Waals surface area contributed by atoms with E-state index in [1.54, 1.807) is 39.2 Å². The minimum Gasteiger partial charge on any atom is -0.394 e. The van der Waals surface area contributed by atoms with Crippen LogP contribution >= 0.6 is 0 Å². The summed E-state index contributed by atoms with van der Waals surface area (Å²) in [4.78, 5) is 17.7. The van der Waals surface area contributed by atoms with E-state index in [0.29, 0.717) is 17.8 Å². The summed E-state index contributed by atoms with van der Waals surface area (Å²) in [5.74, 6) is -0.152. The molecule has 0 radical (unpaired) electrons. The topological polar surface area (TPSA) is 79.5 Å². The maximum Gasteiger partial charge on any atom is 0.254 e. The second-order valence-electron chi connectivity index (χ2n) is 4.57. The average Bonchev–Trinajstić information content (AvgIpc) is 2.37. The Kier molecular flexibility index (Phi) is 4.20. The Morgan fingerprint density at radius 2 is 2.24 bits per heavy atom. The second kappa shape index (κ2) is 5.25. The highest BCUT2D eigenvalue weighted by molar-refractivity contribution is 5.94. The Balaban J connectivity index is 2.96. The second-order valence-corrected chi connectivity index (χ2v) is 4.57. The fourth-order valence-corrected chi connectivity index (χ4v) is 1.30. The van der Waals surface area contributed by atoms with Gasteiger partial charge in [-0.25, -0.2) is 0 Å². The van der Waals surface area contributed by atoms with Crippen LogP contribution in [0.15, 0.2) is 18.3 Å². The minimum atomic E-state index is -0.594. The van der Waals surface area contributed by atoms with Gasteiger partial charge in [0.15, 0.2) is 0 Å². The molecule has 0 bridgehead atoms. The SMILES string of the molecule is CN(C(=O)c1ccnc(CN)c1)C(C)(C)CO. The molecule has 5 heteroatoms. The summed E-state index contributed by atoms with van der Waals surface area (Å²) in [6.45, 7) is 3.81. The van der Waals surface area contributed by atoms with Gasteiger partial charge in [-0.2, -0.15) is 0 Å². The highest BCUT2D eigenvalue weighted by Gasteiger charge is 2.27. The van der Waals surface area contributed by atoms with Crippen molar-refractivity contribution < 1.29 is 9.90 Å². The summed E-state index contributed by atoms with van der Waals surface area (Å²) in [7, 11) is 1.67. The monoisotopic (exact) mass is 237 g/mol. The normalized spacial score (nSPS) is 11.4. The van der Waals surface area contributed by atoms with E-state index in [2.05, 4.69) is 4.98 Å². The van der Waals surface area contributed by atoms with Gasteiger partial charge in [-0.05, 0) is 26.0 Å². The fourth-order valence-electron chi connectivity index (χ4n) is 1.30. The average molecular weight is 237 g/mol. The first-order valence-corrected chi connectivity index (χ1v) is 5.46. The van der Waals surface area contributed by atoms with Crippen molar-refractivity contribution in [3.63, 3.8) is 0 Å². The molecule has 0 aliphatic rings. The molecular formula is C12H19N3O2. The van der Waals surface area contributed by atoms with E-state index >= 15 is 0 Å². The Bertz CT molecular complexity index is 404. The molecule has 3 N–H and O–H groups in total. The smallest absolute Gasteiger partial charge is 0.254 e. The molecule has 0 spiro atoms. The number of rotatable bonds is 4. The van der Waals surface area contributed by atoms with Crippen molar-refractivity contribution >= 4 is 5.91 Å². The minimum absolute atomic E-state index is 0.0932. The van der Waals surface area contributed by atoms with E-state index in [-0.39, 0.29) is 12.5 Å². The lowest BCUT2D eigenvalue weighted by molar-refractivity contribution is 0.0473. The predicted octanol–water partition coefficient (Wildman–Crippen LogP) is 0.383. The van der Waals surface area contributed by atoms with Gasteiger partial charge < -0.3 is 15.7 Å². The van der Waals surface area contributed by atoms with E-state index in [9.17, 15) is 9.90 Å². The van der Waals surface area contributed by atoms with Crippen LogP contribution in [0.3, 0.4) is 0 Å². The van der Waals surface area contributed by atoms with Crippen LogP contribution in [0.2, 0.25) is 0 Å². The number of nitrogens with two attached hydrogens (primary N) is 1. The van der Waals surface area contributed by atoms with Gasteiger partial charge in [0.05, 0.1) is 17.8 Å². The molecule has 0 saturated carbocycles. The van der Waals surface area contributed by atoms with Crippen molar-refractivity contribution in [3.8, 4) is 0 Å². The molecule has 0 fully saturated rings. The largest absolute Gasteiger partial charge is 0.394 e. The molecular weight excluding hydrogens is 218 g/mol. The van der Waals surface area contributed by atoms with Gasteiger partial charge >= 0.3 is 0 Å². The number of aliphatic hydroxyl groups excluding tert-OH is 1. The van der Waals surface area contributed by atoms with Gasteiger partial charge in [-0.3, -0.25) is 9.78 Å². The third-order valence-electron chi connectivity index (χ3n) is 2.87. The molecule has 0 atom stereocenters. The van der Waals surface area contributed by atoms with E-state index in [0.717, 1.165) is 0 Å². The zero-order valence-corrected chi connectivity index (χ0v) is 10.5. The molecule has 0 aliphatic carbocycles. The number of carbonyl (C=O) groups excluding carboxylic acids is 1. The first-order chi connectivity index (χ1) is 7.92. The Morgan fingerprint density at radius 3 is 2.76 bits per heavy atom. The highest BCUT2D eigenvalue weighted by atomic mass is 16.3. The molecule has 1 rings (SSSR count). The standard InChI is InChI=1S/C12H19N3O2/c1-12(2,8-16)15(3)11(17)9-4-5-14-10(6-9)7-13/h4-6,16H,7-8,13H2,1-3H3. The van der Waals surface area contributed by atoms with Gasteiger partial charge in [-0.1, -0.05) is 0 Å². The van der Waals surface area contributed by atoms with Crippen LogP contribution in [0.5, 0.6) is 0 Å². The molecule has 1 heterocycles. The zero-order chi connectivity index (χ0) is 13.1. The van der Waals surface area contributed by atoms with Crippen LogP contribution in [-0.4, -0.2) is 40.1 Å². The number of carbonyl (C=O) groups is 1. The maximum absolute atomic E-state index is 12.2. The molecule has 0 aromatic carbocycles. The van der Waals surface area contributed by atoms with Crippen LogP contribution in [0.1, 0.15) is 29.9 Å². The summed E-state index contributed by atoms with van der Waals surface area (Å²) >= 11 is 0. The summed E-state index contributed by atoms with van der Waals surface area (Å²) < 4.78 is 0. The van der Waals surface area contributed by atoms with Crippen molar-refractivity contribution in [1.82, 2.24) is 9.88 Å². The van der Waals surface area contributed by atoms with Crippen LogP contribution in [0.4, 0.5) is 0 Å². The van der Waals surface area contributed by atoms with Crippen LogP contribution in [0, 0.1) is 0 Å². The molecule has 1 aromatic rings. The molecule has 1 aromatic heterocycles. The molecule has 0 saturated heterocycles. The van der Waals surface area contributed by atoms with Gasteiger partial charge in [-0.15, -0.1) is 0 Å². The zero-order valence-electron chi connectivity index (χ0n) is 10.5. The van der Waals surface area contributed by atoms with Crippen molar-refractivity contribution in [2.24, 2.45) is 5.73 Å². The van der Waals surface area contributed by atoms with E-state index in [1.165, 1.54) is 4.90 Å². The number of pyridine rings is 1. The quantitative estimate of drug-likeness (QED) is 0.793. The maximum atomic E-state index is 12.2. The van der Waals surface area contributed by atoms with Gasteiger partial charge in [0, 0.05) is 25.4 Å². The van der Waals surface area contributed by atoms with Gasteiger partial charge in [0.25, 0.3) is 5.91 Å². The number of aliphatic hydroxyl groups is 1. The number of likely N-dealkylation sites (N-methyl/N-ethyl adjacent to an activating group) is 1. The molecule has 0 aliphatic heterocycles. The lowest BCUT2D eigenvalue weighted by Gasteiger charge is -2.34. The summed E-state index contributed by atoms with van der Waals surface area (Å²) in [6, 6.07) is 3.32. The molecule has 0 unspecified atom stereocenters. The molecule has 5 nitrogen and oxygen atoms in total. The molecule has 1 amide bonds. The Labute approximate surface area is 101 Å². The Morgan fingerprint density at radius 1 is 1.59 bits per heavy atom. The van der Waals surface area contributed by atoms with Crippen molar-refractivity contribution in [1.29, 1.82) is 0 Å². The fraction of sp³-hybridized carbons (Fsp3) is 0.500. The van der Waals surface area contributed by atoms with E-state index < -0.39 is 5.54 Å². The van der Waals surface area contributed by atoms with Crippen molar-refractivity contribution in [2.75, 3.05) is 13.7 Å². The van der Waals surface area contributed by atoms with Gasteiger partial charge in [0.2, 0.25) is 0 Å². The third-order valence-corrected chi connectivity index (χ3v) is 2.87. The van der Waals surface area contributed by atoms with Crippen LogP contribution < -0.4 is 5.73 Å². The molecule has 94 valence electrons. The summed E-state index contributed by atoms with van der Waals surface area (Å²) in [6.07, 6.45) is 1.56. The number of nitrogens with zero attached hydrogens (tertiary/aromatic N) is 2. The Hall–Kier alpha value is -1.46. The number of aromatic nitrogens is 1. The highest BCUT2D eigenvalue weighted by Crippen LogP contribution is 2.15. The lowest BCUT2D eigenvalue weighted by atomic mass is 10.0. The number of hydrogen-bond donors (Lipinski definition) is 2. The number of amides is 1. The predicted molar refractivity (Wildman–Crippen MR) is 65.4 cm³/mol.